The highest BCUT2D eigenvalue weighted by Gasteiger charge is 2.02. The van der Waals surface area contributed by atoms with Crippen LogP contribution in [0.25, 0.3) is 0 Å². The molecule has 0 aliphatic heterocycles. The normalized spacial score (nSPS) is 16.7. The summed E-state index contributed by atoms with van der Waals surface area (Å²) in [5, 5.41) is 8.36. The van der Waals surface area contributed by atoms with Crippen molar-refractivity contribution in [3.63, 3.8) is 0 Å². The predicted octanol–water partition coefficient (Wildman–Crippen LogP) is 1.88. The summed E-state index contributed by atoms with van der Waals surface area (Å²) in [6.45, 7) is 0. The molecule has 0 atom stereocenters. The molecule has 3 heteroatoms. The lowest BCUT2D eigenvalue weighted by Crippen LogP contribution is -1.99. The highest BCUT2D eigenvalue weighted by atomic mass is 32.1. The molecule has 0 saturated carbocycles. The van der Waals surface area contributed by atoms with Crippen molar-refractivity contribution in [1.29, 1.82) is 0 Å². The van der Waals surface area contributed by atoms with Gasteiger partial charge >= 0.3 is 5.97 Å². The van der Waals surface area contributed by atoms with Crippen molar-refractivity contribution in [1.82, 2.24) is 0 Å². The van der Waals surface area contributed by atoms with Crippen LogP contribution in [-0.2, 0) is 4.79 Å². The van der Waals surface area contributed by atoms with Gasteiger partial charge in [-0.1, -0.05) is 30.4 Å². The molecule has 0 aromatic rings. The molecule has 0 unspecified atom stereocenters. The second-order valence-corrected chi connectivity index (χ2v) is 2.84. The average molecular weight is 180 g/mol. The molecule has 12 heavy (non-hydrogen) atoms. The molecule has 1 rings (SSSR count). The second-order valence-electron chi connectivity index (χ2n) is 2.35. The van der Waals surface area contributed by atoms with Crippen molar-refractivity contribution in [3.05, 3.63) is 36.0 Å². The largest absolute Gasteiger partial charge is 0.478 e. The summed E-state index contributed by atoms with van der Waals surface area (Å²) < 4.78 is 0. The van der Waals surface area contributed by atoms with Gasteiger partial charge in [0.2, 0.25) is 0 Å². The Balaban J connectivity index is 2.74. The molecule has 1 aliphatic carbocycles. The first-order valence-corrected chi connectivity index (χ1v) is 3.92. The van der Waals surface area contributed by atoms with Crippen LogP contribution in [0.2, 0.25) is 0 Å². The van der Waals surface area contributed by atoms with Gasteiger partial charge in [-0.2, -0.15) is 0 Å². The number of aliphatic carboxylic acids is 1. The van der Waals surface area contributed by atoms with E-state index in [1.807, 2.05) is 18.2 Å². The molecular weight excluding hydrogens is 172 g/mol. The third-order valence-corrected chi connectivity index (χ3v) is 1.84. The van der Waals surface area contributed by atoms with Crippen LogP contribution in [0.15, 0.2) is 36.0 Å². The number of allylic oxidation sites excluding steroid dienone is 5. The van der Waals surface area contributed by atoms with Crippen LogP contribution >= 0.6 is 12.2 Å². The maximum atomic E-state index is 10.2. The van der Waals surface area contributed by atoms with Crippen LogP contribution in [-0.4, -0.2) is 15.9 Å². The zero-order valence-electron chi connectivity index (χ0n) is 6.36. The molecule has 0 heterocycles. The molecule has 1 N–H and O–H groups in total. The number of carboxylic acid groups (broad SMARTS) is 1. The molecule has 0 radical (unpaired) electrons. The Hall–Kier alpha value is -1.22. The van der Waals surface area contributed by atoms with Crippen molar-refractivity contribution in [2.75, 3.05) is 0 Å². The zero-order chi connectivity index (χ0) is 8.97. The van der Waals surface area contributed by atoms with Crippen LogP contribution in [0, 0.1) is 0 Å². The summed E-state index contributed by atoms with van der Waals surface area (Å²) >= 11 is 5.02. The molecule has 62 valence electrons. The maximum Gasteiger partial charge on any atom is 0.328 e. The van der Waals surface area contributed by atoms with Crippen LogP contribution in [0.3, 0.4) is 0 Å². The van der Waals surface area contributed by atoms with Gasteiger partial charge in [0.15, 0.2) is 0 Å². The average Bonchev–Trinajstić information content (AvgIpc) is 2.03. The lowest BCUT2D eigenvalue weighted by atomic mass is 10.0. The van der Waals surface area contributed by atoms with Gasteiger partial charge in [0, 0.05) is 17.4 Å². The number of carboxylic acids is 1. The Morgan fingerprint density at radius 2 is 2.42 bits per heavy atom. The number of carbonyl (C=O) groups is 1. The van der Waals surface area contributed by atoms with E-state index in [0.717, 1.165) is 22.9 Å². The monoisotopic (exact) mass is 180 g/mol. The third kappa shape index (κ3) is 2.43. The van der Waals surface area contributed by atoms with E-state index in [9.17, 15) is 4.79 Å². The van der Waals surface area contributed by atoms with Gasteiger partial charge in [0.25, 0.3) is 0 Å². The Morgan fingerprint density at radius 3 is 3.00 bits per heavy atom. The van der Waals surface area contributed by atoms with Gasteiger partial charge < -0.3 is 5.11 Å². The third-order valence-electron chi connectivity index (χ3n) is 1.44. The predicted molar refractivity (Wildman–Crippen MR) is 51.2 cm³/mol. The second kappa shape index (κ2) is 3.97. The molecule has 0 aromatic heterocycles. The van der Waals surface area contributed by atoms with Gasteiger partial charge in [0.1, 0.15) is 0 Å². The van der Waals surface area contributed by atoms with E-state index in [-0.39, 0.29) is 0 Å². The molecule has 1 aliphatic rings. The molecule has 0 bridgehead atoms. The Kier molecular flexibility index (Phi) is 2.94. The topological polar surface area (TPSA) is 37.3 Å². The Labute approximate surface area is 75.9 Å². The molecule has 0 spiro atoms. The van der Waals surface area contributed by atoms with Crippen molar-refractivity contribution >= 4 is 23.1 Å². The fraction of sp³-hybridized carbons (Fsp3) is 0.111. The maximum absolute atomic E-state index is 10.2. The number of thiocarbonyl (C=S) groups is 1. The van der Waals surface area contributed by atoms with E-state index in [2.05, 4.69) is 0 Å². The quantitative estimate of drug-likeness (QED) is 0.520. The van der Waals surface area contributed by atoms with Gasteiger partial charge in [-0.25, -0.2) is 4.79 Å². The summed E-state index contributed by atoms with van der Waals surface area (Å²) in [5.74, 6) is -0.951. The Morgan fingerprint density at radius 1 is 1.67 bits per heavy atom. The number of rotatable bonds is 2. The molecule has 0 aromatic carbocycles. The van der Waals surface area contributed by atoms with Gasteiger partial charge in [0.05, 0.1) is 0 Å². The van der Waals surface area contributed by atoms with Gasteiger partial charge in [-0.15, -0.1) is 0 Å². The molecule has 0 amide bonds. The first-order chi connectivity index (χ1) is 5.70. The summed E-state index contributed by atoms with van der Waals surface area (Å²) in [7, 11) is 0. The van der Waals surface area contributed by atoms with Crippen molar-refractivity contribution in [2.45, 2.75) is 6.42 Å². The van der Waals surface area contributed by atoms with Crippen molar-refractivity contribution in [2.24, 2.45) is 0 Å². The van der Waals surface area contributed by atoms with E-state index in [0.29, 0.717) is 0 Å². The SMILES string of the molecule is O=C(O)/C=C/C1=CC=CCC1=S. The lowest BCUT2D eigenvalue weighted by molar-refractivity contribution is -0.131. The van der Waals surface area contributed by atoms with E-state index in [1.165, 1.54) is 6.08 Å². The van der Waals surface area contributed by atoms with Gasteiger partial charge in [-0.05, 0) is 11.6 Å². The number of hydrogen-bond acceptors (Lipinski definition) is 2. The van der Waals surface area contributed by atoms with Crippen LogP contribution in [0.4, 0.5) is 0 Å². The minimum absolute atomic E-state index is 0.727. The first kappa shape index (κ1) is 8.87. The highest BCUT2D eigenvalue weighted by molar-refractivity contribution is 7.80. The van der Waals surface area contributed by atoms with E-state index in [1.54, 1.807) is 0 Å². The fourth-order valence-corrected chi connectivity index (χ4v) is 1.10. The summed E-state index contributed by atoms with van der Waals surface area (Å²) in [6.07, 6.45) is 8.97. The van der Waals surface area contributed by atoms with E-state index >= 15 is 0 Å². The van der Waals surface area contributed by atoms with Crippen LogP contribution in [0.5, 0.6) is 0 Å². The minimum Gasteiger partial charge on any atom is -0.478 e. The highest BCUT2D eigenvalue weighted by Crippen LogP contribution is 2.10. The number of hydrogen-bond donors (Lipinski definition) is 1. The smallest absolute Gasteiger partial charge is 0.328 e. The fourth-order valence-electron chi connectivity index (χ4n) is 0.867. The van der Waals surface area contributed by atoms with Crippen LogP contribution < -0.4 is 0 Å². The minimum atomic E-state index is -0.951. The standard InChI is InChI=1S/C9H8O2S/c10-9(11)6-5-7-3-1-2-4-8(7)12/h1-3,5-6H,4H2,(H,10,11)/b6-5+. The zero-order valence-corrected chi connectivity index (χ0v) is 7.17. The van der Waals surface area contributed by atoms with E-state index in [4.69, 9.17) is 17.3 Å². The summed E-state index contributed by atoms with van der Waals surface area (Å²) in [5.41, 5.74) is 0.815. The molecule has 0 fully saturated rings. The Bertz CT molecular complexity index is 298. The van der Waals surface area contributed by atoms with Crippen molar-refractivity contribution < 1.29 is 9.90 Å². The van der Waals surface area contributed by atoms with E-state index < -0.39 is 5.97 Å². The van der Waals surface area contributed by atoms with Crippen LogP contribution in [0.1, 0.15) is 6.42 Å². The molecule has 2 nitrogen and oxygen atoms in total. The molecular formula is C9H8O2S. The van der Waals surface area contributed by atoms with Crippen molar-refractivity contribution in [3.8, 4) is 0 Å². The first-order valence-electron chi connectivity index (χ1n) is 3.51. The summed E-state index contributed by atoms with van der Waals surface area (Å²) in [4.78, 5) is 11.0. The summed E-state index contributed by atoms with van der Waals surface area (Å²) in [6, 6.07) is 0. The molecule has 0 saturated heterocycles. The van der Waals surface area contributed by atoms with Gasteiger partial charge in [-0.3, -0.25) is 0 Å². The lowest BCUT2D eigenvalue weighted by Gasteiger charge is -2.04.